The summed E-state index contributed by atoms with van der Waals surface area (Å²) in [6, 6.07) is 15.2. The van der Waals surface area contributed by atoms with Crippen LogP contribution in [0.4, 0.5) is 0 Å². The molecule has 13 heteroatoms. The molecule has 0 saturated carbocycles. The zero-order valence-electron chi connectivity index (χ0n) is 25.7. The molecule has 0 aliphatic rings. The number of carbonyl (C=O) groups excluding carboxylic acids is 6. The van der Waals surface area contributed by atoms with Crippen LogP contribution in [0.5, 0.6) is 23.0 Å². The standard InChI is InChI=1S/C33H34N2O11/c1-19(36)43-28-12-10-24(16-30(28)45-21(3)38)14-26(34)32(40)35-27(33(41)42-18-23-8-6-5-7-9-23)15-25-11-13-29(44-20(2)37)31(17-25)46-22(4)39/h5-13,16-17,26-27H,14-15,18,34H2,1-4H3,(H,35,40). The smallest absolute Gasteiger partial charge is 0.329 e. The summed E-state index contributed by atoms with van der Waals surface area (Å²) in [6.45, 7) is 4.68. The number of carbonyl (C=O) groups is 6. The van der Waals surface area contributed by atoms with Gasteiger partial charge in [0.25, 0.3) is 0 Å². The maximum Gasteiger partial charge on any atom is 0.329 e. The highest BCUT2D eigenvalue weighted by atomic mass is 16.6. The fourth-order valence-electron chi connectivity index (χ4n) is 4.19. The van der Waals surface area contributed by atoms with E-state index in [1.165, 1.54) is 58.0 Å². The van der Waals surface area contributed by atoms with Gasteiger partial charge in [0.05, 0.1) is 6.04 Å². The summed E-state index contributed by atoms with van der Waals surface area (Å²) in [4.78, 5) is 72.7. The minimum atomic E-state index is -1.23. The van der Waals surface area contributed by atoms with Gasteiger partial charge in [-0.25, -0.2) is 4.79 Å². The van der Waals surface area contributed by atoms with Crippen LogP contribution in [0.25, 0.3) is 0 Å². The van der Waals surface area contributed by atoms with Crippen LogP contribution in [-0.4, -0.2) is 47.8 Å². The van der Waals surface area contributed by atoms with E-state index in [1.54, 1.807) is 30.3 Å². The van der Waals surface area contributed by atoms with Crippen LogP contribution in [-0.2, 0) is 53.0 Å². The van der Waals surface area contributed by atoms with E-state index in [0.29, 0.717) is 11.1 Å². The summed E-state index contributed by atoms with van der Waals surface area (Å²) in [5.74, 6) is -4.11. The van der Waals surface area contributed by atoms with E-state index in [1.807, 2.05) is 6.07 Å². The van der Waals surface area contributed by atoms with Gasteiger partial charge in [0.2, 0.25) is 5.91 Å². The molecule has 13 nitrogen and oxygen atoms in total. The van der Waals surface area contributed by atoms with Crippen LogP contribution in [0.3, 0.4) is 0 Å². The highest BCUT2D eigenvalue weighted by molar-refractivity contribution is 5.88. The maximum atomic E-state index is 13.3. The van der Waals surface area contributed by atoms with E-state index in [9.17, 15) is 28.8 Å². The lowest BCUT2D eigenvalue weighted by Gasteiger charge is -2.21. The topological polar surface area (TPSA) is 187 Å². The zero-order chi connectivity index (χ0) is 33.8. The first kappa shape index (κ1) is 34.9. The van der Waals surface area contributed by atoms with Gasteiger partial charge < -0.3 is 34.7 Å². The molecule has 0 bridgehead atoms. The van der Waals surface area contributed by atoms with Gasteiger partial charge in [0.1, 0.15) is 12.6 Å². The Hall–Kier alpha value is -5.56. The Labute approximate surface area is 264 Å². The third-order valence-electron chi connectivity index (χ3n) is 6.09. The first-order valence-corrected chi connectivity index (χ1v) is 14.1. The molecule has 0 aliphatic carbocycles. The lowest BCUT2D eigenvalue weighted by atomic mass is 10.0. The van der Waals surface area contributed by atoms with E-state index >= 15 is 0 Å². The fraction of sp³-hybridized carbons (Fsp3) is 0.273. The molecule has 3 aromatic rings. The van der Waals surface area contributed by atoms with Crippen LogP contribution < -0.4 is 30.0 Å². The van der Waals surface area contributed by atoms with E-state index in [2.05, 4.69) is 5.32 Å². The zero-order valence-corrected chi connectivity index (χ0v) is 25.7. The van der Waals surface area contributed by atoms with Gasteiger partial charge >= 0.3 is 29.8 Å². The second-order valence-electron chi connectivity index (χ2n) is 10.1. The molecule has 0 radical (unpaired) electrons. The minimum Gasteiger partial charge on any atom is -0.459 e. The second-order valence-corrected chi connectivity index (χ2v) is 10.1. The Kier molecular flexibility index (Phi) is 12.5. The van der Waals surface area contributed by atoms with E-state index in [0.717, 1.165) is 5.56 Å². The van der Waals surface area contributed by atoms with Crippen LogP contribution in [0.2, 0.25) is 0 Å². The van der Waals surface area contributed by atoms with Crippen molar-refractivity contribution in [3.8, 4) is 23.0 Å². The maximum absolute atomic E-state index is 13.3. The monoisotopic (exact) mass is 634 g/mol. The van der Waals surface area contributed by atoms with E-state index in [-0.39, 0.29) is 42.4 Å². The Balaban J connectivity index is 1.83. The largest absolute Gasteiger partial charge is 0.459 e. The van der Waals surface area contributed by atoms with Crippen molar-refractivity contribution < 1.29 is 52.5 Å². The van der Waals surface area contributed by atoms with Gasteiger partial charge in [-0.3, -0.25) is 24.0 Å². The van der Waals surface area contributed by atoms with Crippen molar-refractivity contribution in [1.29, 1.82) is 0 Å². The first-order valence-electron chi connectivity index (χ1n) is 14.1. The number of ether oxygens (including phenoxy) is 5. The molecule has 3 N–H and O–H groups in total. The van der Waals surface area contributed by atoms with Crippen molar-refractivity contribution in [1.82, 2.24) is 5.32 Å². The molecule has 0 heterocycles. The number of hydrogen-bond donors (Lipinski definition) is 2. The van der Waals surface area contributed by atoms with Crippen LogP contribution in [0.15, 0.2) is 66.7 Å². The molecular weight excluding hydrogens is 600 g/mol. The minimum absolute atomic E-state index is 0.00597. The number of nitrogens with two attached hydrogens (primary N) is 1. The predicted molar refractivity (Wildman–Crippen MR) is 162 cm³/mol. The third-order valence-corrected chi connectivity index (χ3v) is 6.09. The first-order chi connectivity index (χ1) is 21.8. The summed E-state index contributed by atoms with van der Waals surface area (Å²) in [5, 5.41) is 2.63. The van der Waals surface area contributed by atoms with Gasteiger partial charge in [-0.2, -0.15) is 0 Å². The van der Waals surface area contributed by atoms with Gasteiger partial charge in [-0.05, 0) is 47.4 Å². The van der Waals surface area contributed by atoms with Crippen molar-refractivity contribution in [2.75, 3.05) is 0 Å². The second kappa shape index (κ2) is 16.5. The molecule has 0 fully saturated rings. The summed E-state index contributed by atoms with van der Waals surface area (Å²) in [7, 11) is 0. The van der Waals surface area contributed by atoms with Crippen molar-refractivity contribution in [2.45, 2.75) is 59.2 Å². The Morgan fingerprint density at radius 2 is 1.07 bits per heavy atom. The molecule has 3 aromatic carbocycles. The Bertz CT molecular complexity index is 1600. The number of amides is 1. The fourth-order valence-corrected chi connectivity index (χ4v) is 4.19. The molecule has 0 spiro atoms. The summed E-state index contributed by atoms with van der Waals surface area (Å²) in [6.07, 6.45) is -0.145. The molecule has 2 atom stereocenters. The van der Waals surface area contributed by atoms with Gasteiger partial charge in [0, 0.05) is 34.1 Å². The molecule has 1 amide bonds. The molecule has 3 rings (SSSR count). The molecule has 242 valence electrons. The molecular formula is C33H34N2O11. The Morgan fingerprint density at radius 3 is 1.54 bits per heavy atom. The van der Waals surface area contributed by atoms with Crippen molar-refractivity contribution >= 4 is 35.8 Å². The molecule has 0 aliphatic heterocycles. The SMILES string of the molecule is CC(=O)Oc1ccc(CC(N)C(=O)NC(Cc2ccc(OC(C)=O)c(OC(C)=O)c2)C(=O)OCc2ccccc2)cc1OC(C)=O. The van der Waals surface area contributed by atoms with Gasteiger partial charge in [0.15, 0.2) is 23.0 Å². The molecule has 46 heavy (non-hydrogen) atoms. The summed E-state index contributed by atoms with van der Waals surface area (Å²) >= 11 is 0. The normalized spacial score (nSPS) is 11.8. The number of hydrogen-bond acceptors (Lipinski definition) is 12. The predicted octanol–water partition coefficient (Wildman–Crippen LogP) is 2.73. The molecule has 0 aromatic heterocycles. The number of esters is 5. The quantitative estimate of drug-likeness (QED) is 0.207. The Morgan fingerprint density at radius 1 is 0.609 bits per heavy atom. The lowest BCUT2D eigenvalue weighted by molar-refractivity contribution is -0.149. The third kappa shape index (κ3) is 11.2. The van der Waals surface area contributed by atoms with Crippen molar-refractivity contribution in [3.05, 3.63) is 83.4 Å². The molecule has 0 saturated heterocycles. The van der Waals surface area contributed by atoms with Crippen molar-refractivity contribution in [2.24, 2.45) is 5.73 Å². The highest BCUT2D eigenvalue weighted by Crippen LogP contribution is 2.30. The summed E-state index contributed by atoms with van der Waals surface area (Å²) in [5.41, 5.74) is 7.85. The highest BCUT2D eigenvalue weighted by Gasteiger charge is 2.27. The van der Waals surface area contributed by atoms with Gasteiger partial charge in [-0.15, -0.1) is 0 Å². The number of nitrogens with one attached hydrogen (secondary N) is 1. The average molecular weight is 635 g/mol. The van der Waals surface area contributed by atoms with E-state index < -0.39 is 47.8 Å². The summed E-state index contributed by atoms with van der Waals surface area (Å²) < 4.78 is 26.0. The van der Waals surface area contributed by atoms with Crippen LogP contribution in [0, 0.1) is 0 Å². The van der Waals surface area contributed by atoms with Crippen LogP contribution in [0.1, 0.15) is 44.4 Å². The number of benzene rings is 3. The van der Waals surface area contributed by atoms with E-state index in [4.69, 9.17) is 29.4 Å². The van der Waals surface area contributed by atoms with Crippen LogP contribution >= 0.6 is 0 Å². The van der Waals surface area contributed by atoms with Gasteiger partial charge in [-0.1, -0.05) is 42.5 Å². The van der Waals surface area contributed by atoms with Crippen molar-refractivity contribution in [3.63, 3.8) is 0 Å². The average Bonchev–Trinajstić information content (AvgIpc) is 2.97. The number of rotatable bonds is 13. The lowest BCUT2D eigenvalue weighted by Crippen LogP contribution is -2.50. The molecule has 2 unspecified atom stereocenters.